The first-order chi connectivity index (χ1) is 18.4. The number of hydrogen-bond acceptors (Lipinski definition) is 0. The van der Waals surface area contributed by atoms with E-state index in [0.717, 1.165) is 13.8 Å². The topological polar surface area (TPSA) is 0 Å². The first-order valence-corrected chi connectivity index (χ1v) is 10.3. The van der Waals surface area contributed by atoms with Gasteiger partial charge in [-0.05, 0) is 13.8 Å². The van der Waals surface area contributed by atoms with Crippen LogP contribution >= 0.6 is 0 Å². The maximum Gasteiger partial charge on any atom is 0.394 e. The molecule has 0 atom stereocenters. The zero-order chi connectivity index (χ0) is 37.4. The molecule has 0 heterocycles. The molecule has 0 aliphatic heterocycles. The van der Waals surface area contributed by atoms with Gasteiger partial charge in [-0.3, -0.25) is 22.0 Å². The van der Waals surface area contributed by atoms with Crippen molar-refractivity contribution < 1.29 is 92.2 Å². The van der Waals surface area contributed by atoms with Crippen LogP contribution < -0.4 is 0 Å². The molecule has 0 spiro atoms. The molecule has 0 N–H and O–H groups in total. The maximum absolute atomic E-state index is 11.5. The second kappa shape index (κ2) is 34.0. The van der Waals surface area contributed by atoms with Gasteiger partial charge < -0.3 is 0 Å². The van der Waals surface area contributed by atoms with E-state index in [1.165, 1.54) is 6.92 Å². The summed E-state index contributed by atoms with van der Waals surface area (Å²) in [6, 6.07) is 0. The van der Waals surface area contributed by atoms with Gasteiger partial charge in [-0.15, -0.1) is 0 Å². The molecule has 0 radical (unpaired) electrons. The highest BCUT2D eigenvalue weighted by Gasteiger charge is 2.52. The largest absolute Gasteiger partial charge is 0.394 e. The van der Waals surface area contributed by atoms with E-state index in [0.29, 0.717) is 35.6 Å². The molecular formula is C21H39F21. The van der Waals surface area contributed by atoms with Crippen molar-refractivity contribution in [1.29, 1.82) is 0 Å². The first kappa shape index (κ1) is 63.7. The molecule has 0 saturated heterocycles. The molecule has 0 aromatic heterocycles. The van der Waals surface area contributed by atoms with Gasteiger partial charge in [0.1, 0.15) is 6.42 Å². The van der Waals surface area contributed by atoms with Gasteiger partial charge in [-0.25, -0.2) is 35.1 Å². The van der Waals surface area contributed by atoms with Gasteiger partial charge in [0.15, 0.2) is 13.3 Å². The minimum absolute atomic E-state index is 0.0213. The highest BCUT2D eigenvalue weighted by Crippen LogP contribution is 2.33. The molecule has 21 heteroatoms. The Kier molecular flexibility index (Phi) is 51.6. The Balaban J connectivity index is -0.0000000446. The molecule has 0 aromatic rings. The second-order valence-electron chi connectivity index (χ2n) is 6.76. The van der Waals surface area contributed by atoms with E-state index in [1.807, 2.05) is 0 Å². The Hall–Kier alpha value is -1.47. The smallest absolute Gasteiger partial charge is 0.255 e. The fourth-order valence-corrected chi connectivity index (χ4v) is 0.469. The first-order valence-electron chi connectivity index (χ1n) is 10.3. The van der Waals surface area contributed by atoms with Crippen LogP contribution in [0.5, 0.6) is 0 Å². The van der Waals surface area contributed by atoms with Crippen LogP contribution in [0, 0.1) is 5.92 Å². The normalized spacial score (nSPS) is 10.9. The van der Waals surface area contributed by atoms with Crippen LogP contribution in [0.2, 0.25) is 0 Å². The number of hydrogen-bond donors (Lipinski definition) is 0. The quantitative estimate of drug-likeness (QED) is 0.258. The molecule has 270 valence electrons. The lowest BCUT2D eigenvalue weighted by Gasteiger charge is -2.18. The summed E-state index contributed by atoms with van der Waals surface area (Å²) in [6.45, 7) is 0.323. The lowest BCUT2D eigenvalue weighted by atomic mass is 10.2. The minimum atomic E-state index is -4.77. The van der Waals surface area contributed by atoms with E-state index in [-0.39, 0.29) is 20.5 Å². The van der Waals surface area contributed by atoms with Crippen molar-refractivity contribution in [2.75, 3.05) is 48.7 Å². The Labute approximate surface area is 232 Å². The lowest BCUT2D eigenvalue weighted by Crippen LogP contribution is -2.39. The van der Waals surface area contributed by atoms with E-state index in [9.17, 15) is 92.2 Å². The fourth-order valence-electron chi connectivity index (χ4n) is 0.469. The molecule has 0 aliphatic rings. The van der Waals surface area contributed by atoms with Gasteiger partial charge in [0.05, 0.1) is 35.4 Å². The predicted molar refractivity (Wildman–Crippen MR) is 120 cm³/mol. The van der Waals surface area contributed by atoms with E-state index in [4.69, 9.17) is 0 Å². The standard InChI is InChI=1S/2C4H5F5.C4H7F3.C3H5F3.C2H5F.4CH3F/c1-3(6,7)4(8,9)2-5;1-3(5,6)2-4(7,8)9;1-3(2)4(5,6)7;1-3(5,6)2-4;1-2-3;4*1-2/h2*2H2,1H3;3H,1-2H3;2H2,1H3;2H2,1H3;4*1H3. The van der Waals surface area contributed by atoms with E-state index < -0.39 is 61.7 Å². The second-order valence-corrected chi connectivity index (χ2v) is 6.76. The van der Waals surface area contributed by atoms with Crippen molar-refractivity contribution in [2.45, 2.75) is 84.0 Å². The van der Waals surface area contributed by atoms with E-state index in [2.05, 4.69) is 0 Å². The van der Waals surface area contributed by atoms with Gasteiger partial charge in [0.2, 0.25) is 0 Å². The Morgan fingerprint density at radius 2 is 0.667 bits per heavy atom. The monoisotopic (exact) mass is 690 g/mol. The summed E-state index contributed by atoms with van der Waals surface area (Å²) in [5, 5.41) is 0. The Bertz CT molecular complexity index is 443. The van der Waals surface area contributed by atoms with Crippen molar-refractivity contribution in [3.63, 3.8) is 0 Å². The Morgan fingerprint density at radius 3 is 0.667 bits per heavy atom. The van der Waals surface area contributed by atoms with Crippen LogP contribution in [0.25, 0.3) is 0 Å². The zero-order valence-corrected chi connectivity index (χ0v) is 24.3. The van der Waals surface area contributed by atoms with E-state index >= 15 is 0 Å². The summed E-state index contributed by atoms with van der Waals surface area (Å²) in [5.74, 6) is -16.8. The van der Waals surface area contributed by atoms with Crippen LogP contribution in [0.4, 0.5) is 92.2 Å². The zero-order valence-electron chi connectivity index (χ0n) is 24.3. The van der Waals surface area contributed by atoms with E-state index in [1.54, 1.807) is 0 Å². The molecule has 0 amide bonds. The van der Waals surface area contributed by atoms with Gasteiger partial charge in [-0.1, -0.05) is 13.8 Å². The van der Waals surface area contributed by atoms with Gasteiger partial charge in [0.25, 0.3) is 11.8 Å². The molecule has 42 heavy (non-hydrogen) atoms. The summed E-state index contributed by atoms with van der Waals surface area (Å²) in [7, 11) is 2.00. The number of rotatable bonds is 4. The summed E-state index contributed by atoms with van der Waals surface area (Å²) in [4.78, 5) is 0. The van der Waals surface area contributed by atoms with Crippen molar-refractivity contribution in [3.8, 4) is 0 Å². The molecule has 0 bridgehead atoms. The van der Waals surface area contributed by atoms with Crippen molar-refractivity contribution in [2.24, 2.45) is 5.92 Å². The highest BCUT2D eigenvalue weighted by atomic mass is 19.4. The van der Waals surface area contributed by atoms with Gasteiger partial charge >= 0.3 is 24.2 Å². The highest BCUT2D eigenvalue weighted by molar-refractivity contribution is 4.79. The SMILES string of the molecule is CC(C)C(F)(F)F.CC(F)(F)C(F)(F)CF.CC(F)(F)CC(F)(F)F.CC(F)(F)CF.CCF.CF.CF.CF.CF. The molecule has 0 nitrogen and oxygen atoms in total. The summed E-state index contributed by atoms with van der Waals surface area (Å²) in [6.07, 6.45) is -10.8. The molecule has 0 rings (SSSR count). The number of alkyl halides is 21. The summed E-state index contributed by atoms with van der Waals surface area (Å²) >= 11 is 0. The van der Waals surface area contributed by atoms with Crippen LogP contribution in [0.15, 0.2) is 0 Å². The minimum Gasteiger partial charge on any atom is -0.255 e. The third-order valence-corrected chi connectivity index (χ3v) is 2.21. The molecule has 0 aliphatic carbocycles. The van der Waals surface area contributed by atoms with Gasteiger partial charge in [-0.2, -0.15) is 35.1 Å². The summed E-state index contributed by atoms with van der Waals surface area (Å²) in [5.41, 5.74) is 0. The Morgan fingerprint density at radius 1 is 0.476 bits per heavy atom. The fraction of sp³-hybridized carbons (Fsp3) is 1.00. The van der Waals surface area contributed by atoms with Crippen LogP contribution in [0.1, 0.15) is 48.0 Å². The molecule has 0 saturated carbocycles. The lowest BCUT2D eigenvalue weighted by molar-refractivity contribution is -0.204. The predicted octanol–water partition coefficient (Wildman–Crippen LogP) is 12.0. The molecule has 0 unspecified atom stereocenters. The van der Waals surface area contributed by atoms with Crippen molar-refractivity contribution in [3.05, 3.63) is 0 Å². The summed E-state index contributed by atoms with van der Waals surface area (Å²) < 4.78 is 228. The van der Waals surface area contributed by atoms with Gasteiger partial charge in [0, 0.05) is 19.8 Å². The third kappa shape index (κ3) is 83.3. The van der Waals surface area contributed by atoms with Crippen molar-refractivity contribution in [1.82, 2.24) is 0 Å². The third-order valence-electron chi connectivity index (χ3n) is 2.21. The average Bonchev–Trinajstić information content (AvgIpc) is 2.82. The number of halogens is 21. The molecule has 0 aromatic carbocycles. The maximum atomic E-state index is 11.5. The van der Waals surface area contributed by atoms with Crippen LogP contribution in [-0.4, -0.2) is 84.8 Å². The molecular weight excluding hydrogens is 651 g/mol. The van der Waals surface area contributed by atoms with Crippen LogP contribution in [0.3, 0.4) is 0 Å². The molecule has 0 fully saturated rings. The van der Waals surface area contributed by atoms with Crippen molar-refractivity contribution >= 4 is 0 Å². The average molecular weight is 691 g/mol. The van der Waals surface area contributed by atoms with Crippen LogP contribution in [-0.2, 0) is 0 Å².